The molecule has 0 aromatic carbocycles. The predicted octanol–water partition coefficient (Wildman–Crippen LogP) is 1.79. The van der Waals surface area contributed by atoms with Crippen LogP contribution >= 0.6 is 11.6 Å². The molecule has 0 aliphatic carbocycles. The highest BCUT2D eigenvalue weighted by atomic mass is 35.5. The Hall–Kier alpha value is -2.21. The molecule has 0 radical (unpaired) electrons. The number of carbonyl (C=O) groups excluding carboxylic acids is 1. The number of hydrogen-bond acceptors (Lipinski definition) is 5. The normalized spacial score (nSPS) is 9.89. The summed E-state index contributed by atoms with van der Waals surface area (Å²) in [4.78, 5) is 23.5. The minimum absolute atomic E-state index is 0.0844. The van der Waals surface area contributed by atoms with Gasteiger partial charge in [-0.1, -0.05) is 11.6 Å². The molecular weight excluding hydrogens is 256 g/mol. The van der Waals surface area contributed by atoms with Gasteiger partial charge in [-0.3, -0.25) is 15.1 Å². The molecule has 0 saturated heterocycles. The maximum atomic E-state index is 11.8. The number of carbonyl (C=O) groups is 1. The number of nitrogens with one attached hydrogen (secondary N) is 1. The number of rotatable bonds is 3. The van der Waals surface area contributed by atoms with Crippen molar-refractivity contribution < 1.29 is 9.53 Å². The summed E-state index contributed by atoms with van der Waals surface area (Å²) in [5.41, 5.74) is 0.451. The fraction of sp³-hybridized carbons (Fsp3) is 0.0909. The average molecular weight is 265 g/mol. The summed E-state index contributed by atoms with van der Waals surface area (Å²) >= 11 is 5.77. The molecule has 0 atom stereocenters. The van der Waals surface area contributed by atoms with E-state index in [4.69, 9.17) is 16.3 Å². The van der Waals surface area contributed by atoms with Gasteiger partial charge < -0.3 is 4.74 Å². The molecule has 2 aromatic heterocycles. The Morgan fingerprint density at radius 1 is 1.33 bits per heavy atom. The fourth-order valence-corrected chi connectivity index (χ4v) is 1.41. The third-order valence-corrected chi connectivity index (χ3v) is 2.24. The van der Waals surface area contributed by atoms with Crippen LogP contribution in [0.4, 0.5) is 5.95 Å². The van der Waals surface area contributed by atoms with Crippen LogP contribution in [0.2, 0.25) is 5.15 Å². The Labute approximate surface area is 108 Å². The van der Waals surface area contributed by atoms with Gasteiger partial charge in [0.15, 0.2) is 0 Å². The molecule has 0 unspecified atom stereocenters. The van der Waals surface area contributed by atoms with Crippen molar-refractivity contribution in [3.63, 3.8) is 0 Å². The van der Waals surface area contributed by atoms with E-state index >= 15 is 0 Å². The number of anilines is 1. The van der Waals surface area contributed by atoms with Crippen molar-refractivity contribution in [1.82, 2.24) is 15.0 Å². The van der Waals surface area contributed by atoms with E-state index in [1.807, 2.05) is 0 Å². The molecule has 0 aliphatic rings. The molecule has 0 saturated carbocycles. The van der Waals surface area contributed by atoms with E-state index in [9.17, 15) is 4.79 Å². The molecule has 0 aliphatic heterocycles. The van der Waals surface area contributed by atoms with Crippen molar-refractivity contribution >= 4 is 23.5 Å². The number of ether oxygens (including phenoxy) is 1. The number of methoxy groups -OCH3 is 1. The monoisotopic (exact) mass is 264 g/mol. The summed E-state index contributed by atoms with van der Waals surface area (Å²) < 4.78 is 4.93. The lowest BCUT2D eigenvalue weighted by atomic mass is 10.2. The van der Waals surface area contributed by atoms with E-state index in [0.29, 0.717) is 5.56 Å². The van der Waals surface area contributed by atoms with Crippen LogP contribution in [0.5, 0.6) is 5.88 Å². The molecule has 2 rings (SSSR count). The Balaban J connectivity index is 2.19. The molecule has 1 amide bonds. The minimum Gasteiger partial charge on any atom is -0.481 e. The van der Waals surface area contributed by atoms with E-state index < -0.39 is 0 Å². The Bertz CT molecular complexity index is 562. The third kappa shape index (κ3) is 2.92. The lowest BCUT2D eigenvalue weighted by Crippen LogP contribution is -2.14. The molecule has 0 fully saturated rings. The second-order valence-corrected chi connectivity index (χ2v) is 3.63. The van der Waals surface area contributed by atoms with Crippen molar-refractivity contribution in [2.75, 3.05) is 12.4 Å². The summed E-state index contributed by atoms with van der Waals surface area (Å²) in [6.45, 7) is 0. The summed E-state index contributed by atoms with van der Waals surface area (Å²) in [6, 6.07) is 4.61. The largest absolute Gasteiger partial charge is 0.481 e. The number of amides is 1. The summed E-state index contributed by atoms with van der Waals surface area (Å²) in [6.07, 6.45) is 3.04. The van der Waals surface area contributed by atoms with E-state index in [2.05, 4.69) is 20.3 Å². The molecule has 2 aromatic rings. The Morgan fingerprint density at radius 2 is 2.06 bits per heavy atom. The van der Waals surface area contributed by atoms with Crippen molar-refractivity contribution in [2.45, 2.75) is 0 Å². The maximum absolute atomic E-state index is 11.8. The van der Waals surface area contributed by atoms with Gasteiger partial charge in [-0.15, -0.1) is 0 Å². The fourth-order valence-electron chi connectivity index (χ4n) is 1.23. The molecule has 92 valence electrons. The number of nitrogens with zero attached hydrogens (tertiary/aromatic N) is 3. The number of halogens is 1. The van der Waals surface area contributed by atoms with E-state index in [1.165, 1.54) is 25.6 Å². The summed E-state index contributed by atoms with van der Waals surface area (Å²) in [7, 11) is 1.45. The van der Waals surface area contributed by atoms with Gasteiger partial charge in [-0.2, -0.15) is 4.98 Å². The zero-order valence-electron chi connectivity index (χ0n) is 9.42. The standard InChI is InChI=1S/C11H9ClN4O2/c1-18-9-6-8(12)14-11(15-9)16-10(17)7-2-4-13-5-3-7/h2-6H,1H3,(H,14,15,16,17). The molecule has 2 heterocycles. The second-order valence-electron chi connectivity index (χ2n) is 3.25. The first-order valence-corrected chi connectivity index (χ1v) is 5.37. The van der Waals surface area contributed by atoms with Gasteiger partial charge in [-0.05, 0) is 12.1 Å². The smallest absolute Gasteiger partial charge is 0.258 e. The number of pyridine rings is 1. The Morgan fingerprint density at radius 3 is 2.72 bits per heavy atom. The van der Waals surface area contributed by atoms with Gasteiger partial charge in [0.25, 0.3) is 5.91 Å². The molecule has 7 heteroatoms. The molecule has 1 N–H and O–H groups in total. The first-order chi connectivity index (χ1) is 8.69. The lowest BCUT2D eigenvalue weighted by molar-refractivity contribution is 0.102. The van der Waals surface area contributed by atoms with E-state index in [0.717, 1.165) is 0 Å². The lowest BCUT2D eigenvalue weighted by Gasteiger charge is -2.05. The molecule has 0 spiro atoms. The topological polar surface area (TPSA) is 77.0 Å². The van der Waals surface area contributed by atoms with Crippen molar-refractivity contribution in [3.05, 3.63) is 41.3 Å². The van der Waals surface area contributed by atoms with Gasteiger partial charge in [0.05, 0.1) is 7.11 Å². The Kier molecular flexibility index (Phi) is 3.69. The van der Waals surface area contributed by atoms with Crippen LogP contribution in [0.25, 0.3) is 0 Å². The molecular formula is C11H9ClN4O2. The second kappa shape index (κ2) is 5.42. The summed E-state index contributed by atoms with van der Waals surface area (Å²) in [5.74, 6) is 0.0166. The SMILES string of the molecule is COc1cc(Cl)nc(NC(=O)c2ccncc2)n1. The van der Waals surface area contributed by atoms with E-state index in [1.54, 1.807) is 12.1 Å². The summed E-state index contributed by atoms with van der Waals surface area (Å²) in [5, 5.41) is 2.71. The first kappa shape index (κ1) is 12.3. The van der Waals surface area contributed by atoms with Gasteiger partial charge in [-0.25, -0.2) is 4.98 Å². The quantitative estimate of drug-likeness (QED) is 0.855. The highest BCUT2D eigenvalue weighted by Crippen LogP contribution is 2.16. The molecule has 18 heavy (non-hydrogen) atoms. The minimum atomic E-state index is -0.346. The number of hydrogen-bond donors (Lipinski definition) is 1. The number of aromatic nitrogens is 3. The van der Waals surface area contributed by atoms with Crippen LogP contribution in [0.3, 0.4) is 0 Å². The van der Waals surface area contributed by atoms with Gasteiger partial charge >= 0.3 is 0 Å². The van der Waals surface area contributed by atoms with Crippen LogP contribution < -0.4 is 10.1 Å². The van der Waals surface area contributed by atoms with Crippen LogP contribution in [-0.2, 0) is 0 Å². The van der Waals surface area contributed by atoms with Crippen LogP contribution in [-0.4, -0.2) is 28.0 Å². The van der Waals surface area contributed by atoms with Crippen LogP contribution in [0.15, 0.2) is 30.6 Å². The van der Waals surface area contributed by atoms with Gasteiger partial charge in [0.2, 0.25) is 11.8 Å². The van der Waals surface area contributed by atoms with Gasteiger partial charge in [0, 0.05) is 24.0 Å². The zero-order chi connectivity index (χ0) is 13.0. The molecule has 0 bridgehead atoms. The maximum Gasteiger partial charge on any atom is 0.258 e. The highest BCUT2D eigenvalue weighted by molar-refractivity contribution is 6.29. The first-order valence-electron chi connectivity index (χ1n) is 4.99. The van der Waals surface area contributed by atoms with E-state index in [-0.39, 0.29) is 22.9 Å². The van der Waals surface area contributed by atoms with Crippen molar-refractivity contribution in [2.24, 2.45) is 0 Å². The zero-order valence-corrected chi connectivity index (χ0v) is 10.2. The third-order valence-electron chi connectivity index (χ3n) is 2.05. The van der Waals surface area contributed by atoms with Crippen molar-refractivity contribution in [3.8, 4) is 5.88 Å². The average Bonchev–Trinajstić information content (AvgIpc) is 2.39. The van der Waals surface area contributed by atoms with Crippen LogP contribution in [0, 0.1) is 0 Å². The highest BCUT2D eigenvalue weighted by Gasteiger charge is 2.09. The van der Waals surface area contributed by atoms with Gasteiger partial charge in [0.1, 0.15) is 5.15 Å². The predicted molar refractivity (Wildman–Crippen MR) is 65.8 cm³/mol. The molecule has 6 nitrogen and oxygen atoms in total. The van der Waals surface area contributed by atoms with Crippen LogP contribution in [0.1, 0.15) is 10.4 Å². The van der Waals surface area contributed by atoms with Crippen molar-refractivity contribution in [1.29, 1.82) is 0 Å².